The van der Waals surface area contributed by atoms with E-state index < -0.39 is 0 Å². The van der Waals surface area contributed by atoms with Crippen LogP contribution in [0, 0.1) is 0 Å². The molecule has 0 bridgehead atoms. The quantitative estimate of drug-likeness (QED) is 0.316. The molecule has 100 valence electrons. The third-order valence-corrected chi connectivity index (χ3v) is 2.30. The molecule has 17 heavy (non-hydrogen) atoms. The first-order valence-corrected chi connectivity index (χ1v) is 6.69. The van der Waals surface area contributed by atoms with Gasteiger partial charge in [0, 0.05) is 13.0 Å². The molecule has 3 nitrogen and oxygen atoms in total. The maximum Gasteiger partial charge on any atom is 0.305 e. The Bertz CT molecular complexity index is 200. The average Bonchev–Trinajstić information content (AvgIpc) is 2.34. The number of ether oxygens (including phenoxy) is 2. The van der Waals surface area contributed by atoms with Crippen molar-refractivity contribution in [2.24, 2.45) is 0 Å². The summed E-state index contributed by atoms with van der Waals surface area (Å²) < 4.78 is 10.2. The fraction of sp³-hybridized carbons (Fsp3) is 0.786. The van der Waals surface area contributed by atoms with Crippen molar-refractivity contribution in [2.75, 3.05) is 19.8 Å². The monoisotopic (exact) mass is 242 g/mol. The van der Waals surface area contributed by atoms with Crippen LogP contribution in [0.15, 0.2) is 12.2 Å². The van der Waals surface area contributed by atoms with Gasteiger partial charge in [-0.25, -0.2) is 0 Å². The Hall–Kier alpha value is -0.830. The van der Waals surface area contributed by atoms with Crippen LogP contribution >= 0.6 is 0 Å². The van der Waals surface area contributed by atoms with Crippen molar-refractivity contribution < 1.29 is 14.3 Å². The second kappa shape index (κ2) is 13.2. The highest BCUT2D eigenvalue weighted by atomic mass is 16.5. The predicted octanol–water partition coefficient (Wildman–Crippen LogP) is 3.48. The summed E-state index contributed by atoms with van der Waals surface area (Å²) in [5.74, 6) is -0.0567. The van der Waals surface area contributed by atoms with E-state index in [1.54, 1.807) is 0 Å². The van der Waals surface area contributed by atoms with E-state index in [0.717, 1.165) is 38.7 Å². The molecule has 0 aliphatic heterocycles. The van der Waals surface area contributed by atoms with Crippen LogP contribution in [0.25, 0.3) is 0 Å². The van der Waals surface area contributed by atoms with E-state index >= 15 is 0 Å². The average molecular weight is 242 g/mol. The van der Waals surface area contributed by atoms with E-state index in [2.05, 4.69) is 12.2 Å². The summed E-state index contributed by atoms with van der Waals surface area (Å²) in [7, 11) is 0. The van der Waals surface area contributed by atoms with Gasteiger partial charge in [-0.1, -0.05) is 25.5 Å². The van der Waals surface area contributed by atoms with Crippen molar-refractivity contribution in [1.29, 1.82) is 0 Å². The zero-order chi connectivity index (χ0) is 12.8. The Labute approximate surface area is 105 Å². The van der Waals surface area contributed by atoms with Crippen molar-refractivity contribution in [3.63, 3.8) is 0 Å². The van der Waals surface area contributed by atoms with Gasteiger partial charge >= 0.3 is 5.97 Å². The molecule has 3 heteroatoms. The molecular weight excluding hydrogens is 216 g/mol. The molecule has 0 aromatic rings. The number of allylic oxidation sites excluding steroid dienone is 1. The number of rotatable bonds is 11. The summed E-state index contributed by atoms with van der Waals surface area (Å²) in [5.41, 5.74) is 0. The molecule has 0 amide bonds. The molecule has 0 saturated carbocycles. The molecule has 0 fully saturated rings. The second-order valence-corrected chi connectivity index (χ2v) is 3.95. The molecule has 0 N–H and O–H groups in total. The number of hydrogen-bond acceptors (Lipinski definition) is 3. The standard InChI is InChI=1S/C14H26O3/c1-3-12-17-14(15)11-9-7-5-6-8-10-13-16-4-2/h8,10H,3-7,9,11-13H2,1-2H3. The lowest BCUT2D eigenvalue weighted by Gasteiger charge is -2.02. The zero-order valence-corrected chi connectivity index (χ0v) is 11.2. The van der Waals surface area contributed by atoms with Gasteiger partial charge in [-0.15, -0.1) is 0 Å². The Morgan fingerprint density at radius 3 is 2.65 bits per heavy atom. The number of carbonyl (C=O) groups is 1. The van der Waals surface area contributed by atoms with Gasteiger partial charge in [0.15, 0.2) is 0 Å². The lowest BCUT2D eigenvalue weighted by molar-refractivity contribution is -0.143. The molecular formula is C14H26O3. The van der Waals surface area contributed by atoms with Crippen LogP contribution in [0.5, 0.6) is 0 Å². The molecule has 0 aromatic carbocycles. The highest BCUT2D eigenvalue weighted by Gasteiger charge is 2.00. The fourth-order valence-electron chi connectivity index (χ4n) is 1.37. The van der Waals surface area contributed by atoms with E-state index in [9.17, 15) is 4.79 Å². The molecule has 0 saturated heterocycles. The van der Waals surface area contributed by atoms with E-state index in [-0.39, 0.29) is 5.97 Å². The Morgan fingerprint density at radius 2 is 1.94 bits per heavy atom. The molecule has 0 spiro atoms. The van der Waals surface area contributed by atoms with Crippen molar-refractivity contribution in [3.05, 3.63) is 12.2 Å². The first-order valence-electron chi connectivity index (χ1n) is 6.69. The fourth-order valence-corrected chi connectivity index (χ4v) is 1.37. The van der Waals surface area contributed by atoms with Gasteiger partial charge in [0.25, 0.3) is 0 Å². The highest BCUT2D eigenvalue weighted by Crippen LogP contribution is 2.04. The zero-order valence-electron chi connectivity index (χ0n) is 11.2. The van der Waals surface area contributed by atoms with Crippen LogP contribution < -0.4 is 0 Å². The Balaban J connectivity index is 3.17. The van der Waals surface area contributed by atoms with E-state index in [0.29, 0.717) is 19.6 Å². The summed E-state index contributed by atoms with van der Waals surface area (Å²) in [4.78, 5) is 11.2. The lowest BCUT2D eigenvalue weighted by atomic mass is 10.1. The minimum absolute atomic E-state index is 0.0567. The number of esters is 1. The van der Waals surface area contributed by atoms with Crippen molar-refractivity contribution in [2.45, 2.75) is 52.4 Å². The van der Waals surface area contributed by atoms with Crippen LogP contribution in [0.4, 0.5) is 0 Å². The molecule has 0 unspecified atom stereocenters. The SMILES string of the molecule is CCCOC(=O)CCCCCC=CCOCC. The molecule has 0 heterocycles. The third-order valence-electron chi connectivity index (χ3n) is 2.30. The Kier molecular flexibility index (Phi) is 12.6. The molecule has 0 aliphatic rings. The van der Waals surface area contributed by atoms with Crippen LogP contribution in [0.3, 0.4) is 0 Å². The first kappa shape index (κ1) is 16.2. The van der Waals surface area contributed by atoms with Crippen LogP contribution in [0.2, 0.25) is 0 Å². The van der Waals surface area contributed by atoms with E-state index in [1.165, 1.54) is 0 Å². The van der Waals surface area contributed by atoms with E-state index in [4.69, 9.17) is 9.47 Å². The predicted molar refractivity (Wildman–Crippen MR) is 70.0 cm³/mol. The maximum absolute atomic E-state index is 11.2. The summed E-state index contributed by atoms with van der Waals surface area (Å²) in [6.07, 6.45) is 9.87. The lowest BCUT2D eigenvalue weighted by Crippen LogP contribution is -2.04. The largest absolute Gasteiger partial charge is 0.466 e. The molecule has 0 aliphatic carbocycles. The van der Waals surface area contributed by atoms with Crippen LogP contribution in [0.1, 0.15) is 52.4 Å². The molecule has 0 atom stereocenters. The van der Waals surface area contributed by atoms with Crippen LogP contribution in [-0.4, -0.2) is 25.8 Å². The minimum atomic E-state index is -0.0567. The summed E-state index contributed by atoms with van der Waals surface area (Å²) >= 11 is 0. The van der Waals surface area contributed by atoms with Gasteiger partial charge in [-0.2, -0.15) is 0 Å². The van der Waals surface area contributed by atoms with Crippen molar-refractivity contribution in [3.8, 4) is 0 Å². The molecule has 0 radical (unpaired) electrons. The van der Waals surface area contributed by atoms with Gasteiger partial charge in [0.05, 0.1) is 13.2 Å². The van der Waals surface area contributed by atoms with Gasteiger partial charge in [-0.05, 0) is 32.6 Å². The van der Waals surface area contributed by atoms with E-state index in [1.807, 2.05) is 13.8 Å². The van der Waals surface area contributed by atoms with Crippen molar-refractivity contribution >= 4 is 5.97 Å². The van der Waals surface area contributed by atoms with Gasteiger partial charge in [0.2, 0.25) is 0 Å². The van der Waals surface area contributed by atoms with Gasteiger partial charge in [0.1, 0.15) is 0 Å². The van der Waals surface area contributed by atoms with Gasteiger partial charge < -0.3 is 9.47 Å². The highest BCUT2D eigenvalue weighted by molar-refractivity contribution is 5.69. The summed E-state index contributed by atoms with van der Waals surface area (Å²) in [6.45, 7) is 6.02. The second-order valence-electron chi connectivity index (χ2n) is 3.95. The molecule has 0 rings (SSSR count). The number of carbonyl (C=O) groups excluding carboxylic acids is 1. The van der Waals surface area contributed by atoms with Crippen LogP contribution in [-0.2, 0) is 14.3 Å². The summed E-state index contributed by atoms with van der Waals surface area (Å²) in [5, 5.41) is 0. The topological polar surface area (TPSA) is 35.5 Å². The number of hydrogen-bond donors (Lipinski definition) is 0. The van der Waals surface area contributed by atoms with Gasteiger partial charge in [-0.3, -0.25) is 4.79 Å². The molecule has 0 aromatic heterocycles. The normalized spacial score (nSPS) is 10.9. The Morgan fingerprint density at radius 1 is 1.12 bits per heavy atom. The smallest absolute Gasteiger partial charge is 0.305 e. The maximum atomic E-state index is 11.2. The summed E-state index contributed by atoms with van der Waals surface area (Å²) in [6, 6.07) is 0. The third kappa shape index (κ3) is 13.1. The first-order chi connectivity index (χ1) is 8.31. The van der Waals surface area contributed by atoms with Crippen molar-refractivity contribution in [1.82, 2.24) is 0 Å². The minimum Gasteiger partial charge on any atom is -0.466 e. The number of unbranched alkanes of at least 4 members (excludes halogenated alkanes) is 3.